The first-order chi connectivity index (χ1) is 12.2. The smallest absolute Gasteiger partial charge is 0.411 e. The van der Waals surface area contributed by atoms with E-state index < -0.39 is 23.7 Å². The fraction of sp³-hybridized carbons (Fsp3) is 0.579. The van der Waals surface area contributed by atoms with E-state index in [0.29, 0.717) is 13.1 Å². The van der Waals surface area contributed by atoms with Crippen LogP contribution in [0.15, 0.2) is 24.3 Å². The molecule has 0 radical (unpaired) electrons. The summed E-state index contributed by atoms with van der Waals surface area (Å²) in [4.78, 5) is 27.8. The van der Waals surface area contributed by atoms with Crippen molar-refractivity contribution in [2.75, 3.05) is 31.6 Å². The zero-order valence-corrected chi connectivity index (χ0v) is 16.4. The maximum atomic E-state index is 13.1. The van der Waals surface area contributed by atoms with E-state index >= 15 is 0 Å². The number of carbonyl (C=O) groups excluding carboxylic acids is 2. The summed E-state index contributed by atoms with van der Waals surface area (Å²) in [7, 11) is 1.28. The van der Waals surface area contributed by atoms with Crippen LogP contribution in [-0.2, 0) is 14.3 Å². The lowest BCUT2D eigenvalue weighted by Gasteiger charge is -2.41. The molecule has 2 rings (SSSR count). The Morgan fingerprint density at radius 2 is 1.69 bits per heavy atom. The molecule has 0 saturated carbocycles. The van der Waals surface area contributed by atoms with E-state index in [-0.39, 0.29) is 12.4 Å². The second-order valence-corrected chi connectivity index (χ2v) is 6.64. The molecule has 0 spiro atoms. The standard InChI is InChI=1S/C17H23FN2O4.C2H6/c1-17(2,3)24-16(22)20-10-9-19(11-14(20)15(21)23-4)13-7-5-12(18)6-8-13;1-2/h5-8,14H,9-11H2,1-4H3;1-2H3. The van der Waals surface area contributed by atoms with Crippen LogP contribution in [0.4, 0.5) is 14.9 Å². The van der Waals surface area contributed by atoms with Crippen LogP contribution in [0, 0.1) is 5.82 Å². The minimum Gasteiger partial charge on any atom is -0.467 e. The van der Waals surface area contributed by atoms with Gasteiger partial charge in [-0.05, 0) is 45.0 Å². The maximum absolute atomic E-state index is 13.1. The quantitative estimate of drug-likeness (QED) is 0.749. The van der Waals surface area contributed by atoms with Gasteiger partial charge in [0.2, 0.25) is 0 Å². The van der Waals surface area contributed by atoms with Crippen LogP contribution in [0.25, 0.3) is 0 Å². The number of benzene rings is 1. The van der Waals surface area contributed by atoms with Gasteiger partial charge < -0.3 is 14.4 Å². The number of nitrogens with zero attached hydrogens (tertiary/aromatic N) is 2. The second kappa shape index (κ2) is 9.40. The average molecular weight is 368 g/mol. The summed E-state index contributed by atoms with van der Waals surface area (Å²) in [6.07, 6.45) is -0.545. The number of rotatable bonds is 2. The van der Waals surface area contributed by atoms with Crippen LogP contribution in [0.3, 0.4) is 0 Å². The average Bonchev–Trinajstić information content (AvgIpc) is 2.61. The second-order valence-electron chi connectivity index (χ2n) is 6.64. The molecule has 1 aromatic rings. The van der Waals surface area contributed by atoms with E-state index in [1.807, 2.05) is 18.7 Å². The molecular formula is C19H29FN2O4. The Morgan fingerprint density at radius 3 is 2.19 bits per heavy atom. The van der Waals surface area contributed by atoms with Gasteiger partial charge in [-0.1, -0.05) is 13.8 Å². The summed E-state index contributed by atoms with van der Waals surface area (Å²) in [6.45, 7) is 10.4. The number of piperazine rings is 1. The first-order valence-corrected chi connectivity index (χ1v) is 8.79. The molecule has 1 aliphatic heterocycles. The van der Waals surface area contributed by atoms with Gasteiger partial charge >= 0.3 is 12.1 Å². The molecule has 6 nitrogen and oxygen atoms in total. The fourth-order valence-electron chi connectivity index (χ4n) is 2.55. The molecule has 1 aromatic carbocycles. The molecule has 1 saturated heterocycles. The maximum Gasteiger partial charge on any atom is 0.411 e. The third kappa shape index (κ3) is 5.89. The van der Waals surface area contributed by atoms with Crippen molar-refractivity contribution in [2.45, 2.75) is 46.3 Å². The molecule has 1 atom stereocenters. The van der Waals surface area contributed by atoms with E-state index in [1.54, 1.807) is 32.9 Å². The first kappa shape index (κ1) is 21.7. The molecule has 1 fully saturated rings. The number of carbonyl (C=O) groups is 2. The molecule has 146 valence electrons. The molecule has 26 heavy (non-hydrogen) atoms. The summed E-state index contributed by atoms with van der Waals surface area (Å²) in [5.74, 6) is -0.830. The highest BCUT2D eigenvalue weighted by molar-refractivity contribution is 5.82. The molecule has 0 N–H and O–H groups in total. The highest BCUT2D eigenvalue weighted by Crippen LogP contribution is 2.22. The normalized spacial score (nSPS) is 17.1. The van der Waals surface area contributed by atoms with E-state index in [4.69, 9.17) is 9.47 Å². The number of hydrogen-bond acceptors (Lipinski definition) is 5. The number of esters is 1. The van der Waals surface area contributed by atoms with Gasteiger partial charge in [0.1, 0.15) is 11.4 Å². The van der Waals surface area contributed by atoms with Crippen molar-refractivity contribution in [3.63, 3.8) is 0 Å². The molecule has 1 amide bonds. The van der Waals surface area contributed by atoms with Crippen LogP contribution in [0.5, 0.6) is 0 Å². The van der Waals surface area contributed by atoms with Crippen LogP contribution in [0.1, 0.15) is 34.6 Å². The number of halogens is 1. The summed E-state index contributed by atoms with van der Waals surface area (Å²) < 4.78 is 23.3. The largest absolute Gasteiger partial charge is 0.467 e. The summed E-state index contributed by atoms with van der Waals surface area (Å²) in [5.41, 5.74) is 0.139. The molecule has 0 bridgehead atoms. The lowest BCUT2D eigenvalue weighted by atomic mass is 10.1. The van der Waals surface area contributed by atoms with E-state index in [2.05, 4.69) is 0 Å². The summed E-state index contributed by atoms with van der Waals surface area (Å²) in [6, 6.07) is 5.24. The van der Waals surface area contributed by atoms with Gasteiger partial charge in [-0.25, -0.2) is 14.0 Å². The van der Waals surface area contributed by atoms with Crippen molar-refractivity contribution in [3.05, 3.63) is 30.1 Å². The highest BCUT2D eigenvalue weighted by atomic mass is 19.1. The number of hydrogen-bond donors (Lipinski definition) is 0. The van der Waals surface area contributed by atoms with E-state index in [9.17, 15) is 14.0 Å². The van der Waals surface area contributed by atoms with Gasteiger partial charge in [0.05, 0.1) is 7.11 Å². The third-order valence-electron chi connectivity index (χ3n) is 3.67. The molecule has 7 heteroatoms. The molecule has 0 aliphatic carbocycles. The van der Waals surface area contributed by atoms with Crippen molar-refractivity contribution in [2.24, 2.45) is 0 Å². The lowest BCUT2D eigenvalue weighted by Crippen LogP contribution is -2.59. The SMILES string of the molecule is CC.COC(=O)C1CN(c2ccc(F)cc2)CCN1C(=O)OC(C)(C)C. The van der Waals surface area contributed by atoms with Crippen LogP contribution < -0.4 is 4.90 Å². The van der Waals surface area contributed by atoms with Gasteiger partial charge in [0, 0.05) is 25.3 Å². The Hall–Kier alpha value is -2.31. The molecule has 1 aliphatic rings. The Bertz CT molecular complexity index is 599. The van der Waals surface area contributed by atoms with Gasteiger partial charge in [0.15, 0.2) is 6.04 Å². The van der Waals surface area contributed by atoms with Crippen molar-refractivity contribution in [1.29, 1.82) is 0 Å². The van der Waals surface area contributed by atoms with Crippen molar-refractivity contribution >= 4 is 17.7 Å². The minimum atomic E-state index is -0.774. The van der Waals surface area contributed by atoms with E-state index in [0.717, 1.165) is 5.69 Å². The number of amides is 1. The van der Waals surface area contributed by atoms with Crippen LogP contribution in [-0.4, -0.2) is 55.3 Å². The molecular weight excluding hydrogens is 339 g/mol. The zero-order valence-electron chi connectivity index (χ0n) is 16.4. The Balaban J connectivity index is 0.00000163. The van der Waals surface area contributed by atoms with Crippen molar-refractivity contribution < 1.29 is 23.5 Å². The summed E-state index contributed by atoms with van der Waals surface area (Å²) in [5, 5.41) is 0. The summed E-state index contributed by atoms with van der Waals surface area (Å²) >= 11 is 0. The van der Waals surface area contributed by atoms with Crippen molar-refractivity contribution in [3.8, 4) is 0 Å². The number of methoxy groups -OCH3 is 1. The predicted octanol–water partition coefficient (Wildman–Crippen LogP) is 3.45. The monoisotopic (exact) mass is 368 g/mol. The molecule has 1 heterocycles. The molecule has 1 unspecified atom stereocenters. The number of ether oxygens (including phenoxy) is 2. The molecule has 0 aromatic heterocycles. The topological polar surface area (TPSA) is 59.1 Å². The first-order valence-electron chi connectivity index (χ1n) is 8.79. The zero-order chi connectivity index (χ0) is 19.9. The fourth-order valence-corrected chi connectivity index (χ4v) is 2.55. The van der Waals surface area contributed by atoms with Gasteiger partial charge in [-0.3, -0.25) is 4.90 Å². The van der Waals surface area contributed by atoms with E-state index in [1.165, 1.54) is 24.1 Å². The lowest BCUT2D eigenvalue weighted by molar-refractivity contribution is -0.147. The van der Waals surface area contributed by atoms with Gasteiger partial charge in [-0.15, -0.1) is 0 Å². The van der Waals surface area contributed by atoms with Crippen LogP contribution in [0.2, 0.25) is 0 Å². The minimum absolute atomic E-state index is 0.261. The van der Waals surface area contributed by atoms with Crippen molar-refractivity contribution in [1.82, 2.24) is 4.90 Å². The van der Waals surface area contributed by atoms with Crippen LogP contribution >= 0.6 is 0 Å². The third-order valence-corrected chi connectivity index (χ3v) is 3.67. The Morgan fingerprint density at radius 1 is 1.12 bits per heavy atom. The number of anilines is 1. The predicted molar refractivity (Wildman–Crippen MR) is 98.7 cm³/mol. The van der Waals surface area contributed by atoms with Gasteiger partial charge in [0.25, 0.3) is 0 Å². The highest BCUT2D eigenvalue weighted by Gasteiger charge is 2.38. The Kier molecular flexibility index (Phi) is 7.86. The Labute approximate surface area is 154 Å². The van der Waals surface area contributed by atoms with Gasteiger partial charge in [-0.2, -0.15) is 0 Å².